The van der Waals surface area contributed by atoms with Gasteiger partial charge < -0.3 is 14.8 Å². The monoisotopic (exact) mass is 292 g/mol. The lowest BCUT2D eigenvalue weighted by atomic mass is 10.2. The molecule has 1 heterocycles. The van der Waals surface area contributed by atoms with Gasteiger partial charge in [0.2, 0.25) is 0 Å². The molecule has 0 saturated carbocycles. The summed E-state index contributed by atoms with van der Waals surface area (Å²) in [5, 5.41) is 3.62. The minimum absolute atomic E-state index is 0.607. The molecule has 0 aromatic heterocycles. The topological polar surface area (TPSA) is 33.7 Å². The van der Waals surface area contributed by atoms with Gasteiger partial charge in [-0.1, -0.05) is 6.92 Å². The summed E-state index contributed by atoms with van der Waals surface area (Å²) >= 11 is 0. The Bertz CT molecular complexity index is 408. The molecule has 1 fully saturated rings. The SMILES string of the molecule is CCC1CN(CCOc2ccc(OC)cc2)C(C)CCN1. The van der Waals surface area contributed by atoms with Crippen LogP contribution in [-0.2, 0) is 0 Å². The molecule has 2 unspecified atom stereocenters. The van der Waals surface area contributed by atoms with Gasteiger partial charge in [-0.15, -0.1) is 0 Å². The molecule has 1 saturated heterocycles. The third-order valence-corrected chi connectivity index (χ3v) is 4.27. The molecule has 1 aromatic rings. The molecule has 0 bridgehead atoms. The van der Waals surface area contributed by atoms with Gasteiger partial charge in [0.1, 0.15) is 18.1 Å². The smallest absolute Gasteiger partial charge is 0.119 e. The number of nitrogens with one attached hydrogen (secondary N) is 1. The summed E-state index contributed by atoms with van der Waals surface area (Å²) in [7, 11) is 1.68. The van der Waals surface area contributed by atoms with Crippen molar-refractivity contribution < 1.29 is 9.47 Å². The van der Waals surface area contributed by atoms with Crippen LogP contribution in [0.1, 0.15) is 26.7 Å². The Hall–Kier alpha value is -1.26. The molecule has 0 amide bonds. The van der Waals surface area contributed by atoms with E-state index in [0.717, 1.165) is 37.7 Å². The maximum Gasteiger partial charge on any atom is 0.119 e. The van der Waals surface area contributed by atoms with E-state index in [1.165, 1.54) is 12.8 Å². The van der Waals surface area contributed by atoms with Crippen molar-refractivity contribution in [2.75, 3.05) is 33.4 Å². The van der Waals surface area contributed by atoms with Gasteiger partial charge in [0.05, 0.1) is 7.11 Å². The van der Waals surface area contributed by atoms with Crippen molar-refractivity contribution in [3.05, 3.63) is 24.3 Å². The Balaban J connectivity index is 1.80. The first-order valence-corrected chi connectivity index (χ1v) is 7.97. The van der Waals surface area contributed by atoms with E-state index in [2.05, 4.69) is 24.1 Å². The Labute approximate surface area is 128 Å². The molecule has 118 valence electrons. The summed E-state index contributed by atoms with van der Waals surface area (Å²) in [5.74, 6) is 1.77. The molecule has 1 aromatic carbocycles. The van der Waals surface area contributed by atoms with Gasteiger partial charge in [-0.3, -0.25) is 4.90 Å². The van der Waals surface area contributed by atoms with E-state index in [0.29, 0.717) is 12.1 Å². The number of hydrogen-bond donors (Lipinski definition) is 1. The summed E-state index contributed by atoms with van der Waals surface area (Å²) in [4.78, 5) is 2.54. The fourth-order valence-corrected chi connectivity index (χ4v) is 2.74. The molecule has 1 aliphatic heterocycles. The fraction of sp³-hybridized carbons (Fsp3) is 0.647. The fourth-order valence-electron chi connectivity index (χ4n) is 2.74. The van der Waals surface area contributed by atoms with Crippen LogP contribution in [0.4, 0.5) is 0 Å². The van der Waals surface area contributed by atoms with Crippen molar-refractivity contribution in [1.82, 2.24) is 10.2 Å². The van der Waals surface area contributed by atoms with Gasteiger partial charge in [-0.25, -0.2) is 0 Å². The lowest BCUT2D eigenvalue weighted by Gasteiger charge is -2.28. The molecule has 2 atom stereocenters. The summed E-state index contributed by atoms with van der Waals surface area (Å²) in [6.07, 6.45) is 2.39. The molecule has 1 N–H and O–H groups in total. The predicted octanol–water partition coefficient (Wildman–Crippen LogP) is 2.54. The first-order chi connectivity index (χ1) is 10.2. The number of rotatable bonds is 6. The lowest BCUT2D eigenvalue weighted by molar-refractivity contribution is 0.164. The second-order valence-electron chi connectivity index (χ2n) is 5.72. The van der Waals surface area contributed by atoms with Gasteiger partial charge in [0, 0.05) is 25.2 Å². The predicted molar refractivity (Wildman–Crippen MR) is 86.2 cm³/mol. The van der Waals surface area contributed by atoms with Gasteiger partial charge in [-0.05, 0) is 50.6 Å². The molecule has 21 heavy (non-hydrogen) atoms. The molecule has 0 radical (unpaired) electrons. The van der Waals surface area contributed by atoms with Crippen LogP contribution in [0.5, 0.6) is 11.5 Å². The van der Waals surface area contributed by atoms with E-state index in [1.807, 2.05) is 24.3 Å². The standard InChI is InChI=1S/C17H28N2O2/c1-4-15-13-19(14(2)9-10-18-15)11-12-21-17-7-5-16(20-3)6-8-17/h5-8,14-15,18H,4,9-13H2,1-3H3. The van der Waals surface area contributed by atoms with Crippen LogP contribution in [-0.4, -0.2) is 50.3 Å². The Morgan fingerprint density at radius 1 is 1.24 bits per heavy atom. The Morgan fingerprint density at radius 2 is 1.95 bits per heavy atom. The van der Waals surface area contributed by atoms with Crippen LogP contribution in [0.15, 0.2) is 24.3 Å². The molecule has 1 aliphatic rings. The third kappa shape index (κ3) is 4.90. The maximum atomic E-state index is 5.85. The highest BCUT2D eigenvalue weighted by Crippen LogP contribution is 2.17. The lowest BCUT2D eigenvalue weighted by Crippen LogP contribution is -2.41. The zero-order valence-corrected chi connectivity index (χ0v) is 13.5. The van der Waals surface area contributed by atoms with Gasteiger partial charge in [0.25, 0.3) is 0 Å². The van der Waals surface area contributed by atoms with Crippen LogP contribution in [0.2, 0.25) is 0 Å². The maximum absolute atomic E-state index is 5.85. The van der Waals surface area contributed by atoms with Gasteiger partial charge in [-0.2, -0.15) is 0 Å². The second-order valence-corrected chi connectivity index (χ2v) is 5.72. The molecule has 0 aliphatic carbocycles. The zero-order valence-electron chi connectivity index (χ0n) is 13.5. The first-order valence-electron chi connectivity index (χ1n) is 7.97. The van der Waals surface area contributed by atoms with E-state index in [4.69, 9.17) is 9.47 Å². The van der Waals surface area contributed by atoms with E-state index >= 15 is 0 Å². The van der Waals surface area contributed by atoms with Crippen molar-refractivity contribution >= 4 is 0 Å². The number of hydrogen-bond acceptors (Lipinski definition) is 4. The molecule has 4 heteroatoms. The molecule has 2 rings (SSSR count). The summed E-state index contributed by atoms with van der Waals surface area (Å²) < 4.78 is 11.0. The van der Waals surface area contributed by atoms with E-state index < -0.39 is 0 Å². The summed E-state index contributed by atoms with van der Waals surface area (Å²) in [6, 6.07) is 9.01. The number of benzene rings is 1. The number of ether oxygens (including phenoxy) is 2. The van der Waals surface area contributed by atoms with Crippen molar-refractivity contribution in [1.29, 1.82) is 0 Å². The largest absolute Gasteiger partial charge is 0.497 e. The molecular weight excluding hydrogens is 264 g/mol. The number of methoxy groups -OCH3 is 1. The minimum Gasteiger partial charge on any atom is -0.497 e. The average molecular weight is 292 g/mol. The van der Waals surface area contributed by atoms with Crippen LogP contribution in [0, 0.1) is 0 Å². The normalized spacial score (nSPS) is 23.6. The Kier molecular flexibility index (Phi) is 6.33. The van der Waals surface area contributed by atoms with E-state index in [9.17, 15) is 0 Å². The van der Waals surface area contributed by atoms with Crippen LogP contribution < -0.4 is 14.8 Å². The van der Waals surface area contributed by atoms with E-state index in [-0.39, 0.29) is 0 Å². The van der Waals surface area contributed by atoms with Crippen molar-refractivity contribution in [2.45, 2.75) is 38.8 Å². The summed E-state index contributed by atoms with van der Waals surface area (Å²) in [5.41, 5.74) is 0. The highest BCUT2D eigenvalue weighted by Gasteiger charge is 2.21. The minimum atomic E-state index is 0.607. The van der Waals surface area contributed by atoms with Crippen LogP contribution in [0.3, 0.4) is 0 Å². The van der Waals surface area contributed by atoms with Gasteiger partial charge >= 0.3 is 0 Å². The summed E-state index contributed by atoms with van der Waals surface area (Å²) in [6.45, 7) is 8.50. The van der Waals surface area contributed by atoms with Crippen molar-refractivity contribution in [2.24, 2.45) is 0 Å². The Morgan fingerprint density at radius 3 is 2.62 bits per heavy atom. The van der Waals surface area contributed by atoms with E-state index in [1.54, 1.807) is 7.11 Å². The third-order valence-electron chi connectivity index (χ3n) is 4.27. The second kappa shape index (κ2) is 8.25. The highest BCUT2D eigenvalue weighted by molar-refractivity contribution is 5.31. The molecule has 0 spiro atoms. The average Bonchev–Trinajstić information content (AvgIpc) is 2.70. The van der Waals surface area contributed by atoms with Crippen molar-refractivity contribution in [3.63, 3.8) is 0 Å². The van der Waals surface area contributed by atoms with Crippen LogP contribution in [0.25, 0.3) is 0 Å². The molecule has 4 nitrogen and oxygen atoms in total. The quantitative estimate of drug-likeness (QED) is 0.873. The van der Waals surface area contributed by atoms with Crippen molar-refractivity contribution in [3.8, 4) is 11.5 Å². The zero-order chi connectivity index (χ0) is 15.1. The molecular formula is C17H28N2O2. The highest BCUT2D eigenvalue weighted by atomic mass is 16.5. The van der Waals surface area contributed by atoms with Crippen LogP contribution >= 0.6 is 0 Å². The first kappa shape index (κ1) is 16.1. The van der Waals surface area contributed by atoms with Gasteiger partial charge in [0.15, 0.2) is 0 Å². The number of nitrogens with zero attached hydrogens (tertiary/aromatic N) is 1.